The molecule has 0 radical (unpaired) electrons. The number of aliphatic carboxylic acids is 1. The lowest BCUT2D eigenvalue weighted by Crippen LogP contribution is -2.43. The fraction of sp³-hybridized carbons (Fsp3) is 0.556. The first-order chi connectivity index (χ1) is 10.1. The van der Waals surface area contributed by atoms with E-state index in [4.69, 9.17) is 0 Å². The lowest BCUT2D eigenvalue weighted by atomic mass is 9.65. The zero-order valence-electron chi connectivity index (χ0n) is 14.0. The van der Waals surface area contributed by atoms with Gasteiger partial charge in [0, 0.05) is 11.6 Å². The minimum atomic E-state index is -0.863. The van der Waals surface area contributed by atoms with Gasteiger partial charge in [0.25, 0.3) is 0 Å². The summed E-state index contributed by atoms with van der Waals surface area (Å²) in [6.45, 7) is 9.56. The van der Waals surface area contributed by atoms with E-state index in [1.54, 1.807) is 6.92 Å². The van der Waals surface area contributed by atoms with E-state index >= 15 is 0 Å². The van der Waals surface area contributed by atoms with Gasteiger partial charge in [-0.2, -0.15) is 0 Å². The number of hydrogen-bond acceptors (Lipinski definition) is 2. The number of rotatable bonds is 3. The molecule has 1 fully saturated rings. The van der Waals surface area contributed by atoms with Crippen LogP contribution in [0.3, 0.4) is 0 Å². The van der Waals surface area contributed by atoms with E-state index in [2.05, 4.69) is 5.32 Å². The molecule has 0 saturated heterocycles. The molecule has 0 bridgehead atoms. The van der Waals surface area contributed by atoms with E-state index in [1.165, 1.54) is 5.56 Å². The number of carbonyl (C=O) groups is 2. The standard InChI is InChI=1S/C18H25NO3/c1-11-6-7-13(10-12(11)2)19-15(20)14-8-9-18(5,16(21)22)17(14,3)4/h6-7,10,14H,8-9H2,1-5H3,(H,19,20)(H,21,22). The fourth-order valence-electron chi connectivity index (χ4n) is 3.39. The van der Waals surface area contributed by atoms with Crippen LogP contribution in [-0.2, 0) is 9.59 Å². The van der Waals surface area contributed by atoms with Crippen LogP contribution in [-0.4, -0.2) is 17.0 Å². The highest BCUT2D eigenvalue weighted by molar-refractivity contribution is 5.94. The fourth-order valence-corrected chi connectivity index (χ4v) is 3.39. The van der Waals surface area contributed by atoms with Crippen LogP contribution >= 0.6 is 0 Å². The molecule has 1 aromatic rings. The van der Waals surface area contributed by atoms with Crippen molar-refractivity contribution in [3.8, 4) is 0 Å². The summed E-state index contributed by atoms with van der Waals surface area (Å²) in [6, 6.07) is 5.82. The third-order valence-corrected chi connectivity index (χ3v) is 5.79. The maximum atomic E-state index is 12.6. The van der Waals surface area contributed by atoms with Gasteiger partial charge in [-0.15, -0.1) is 0 Å². The third-order valence-electron chi connectivity index (χ3n) is 5.79. The molecule has 120 valence electrons. The van der Waals surface area contributed by atoms with E-state index in [1.807, 2.05) is 45.9 Å². The summed E-state index contributed by atoms with van der Waals surface area (Å²) in [5, 5.41) is 12.5. The number of anilines is 1. The van der Waals surface area contributed by atoms with Crippen molar-refractivity contribution in [2.75, 3.05) is 5.32 Å². The van der Waals surface area contributed by atoms with E-state index in [9.17, 15) is 14.7 Å². The molecule has 1 amide bonds. The molecule has 2 N–H and O–H groups in total. The third kappa shape index (κ3) is 2.51. The Bertz CT molecular complexity index is 621. The number of carboxylic acid groups (broad SMARTS) is 1. The van der Waals surface area contributed by atoms with Gasteiger partial charge >= 0.3 is 5.97 Å². The van der Waals surface area contributed by atoms with Crippen LogP contribution < -0.4 is 5.32 Å². The van der Waals surface area contributed by atoms with Gasteiger partial charge in [-0.1, -0.05) is 19.9 Å². The molecule has 1 aromatic carbocycles. The Morgan fingerprint density at radius 3 is 2.32 bits per heavy atom. The molecule has 4 nitrogen and oxygen atoms in total. The van der Waals surface area contributed by atoms with Gasteiger partial charge in [-0.05, 0) is 62.3 Å². The van der Waals surface area contributed by atoms with E-state index in [0.29, 0.717) is 12.8 Å². The van der Waals surface area contributed by atoms with Crippen molar-refractivity contribution in [1.29, 1.82) is 0 Å². The van der Waals surface area contributed by atoms with Gasteiger partial charge in [0.2, 0.25) is 5.91 Å². The zero-order valence-corrected chi connectivity index (χ0v) is 14.0. The number of nitrogens with one attached hydrogen (secondary N) is 1. The van der Waals surface area contributed by atoms with Crippen molar-refractivity contribution in [2.45, 2.75) is 47.5 Å². The van der Waals surface area contributed by atoms with Crippen LogP contribution in [0.1, 0.15) is 44.7 Å². The smallest absolute Gasteiger partial charge is 0.309 e. The Labute approximate surface area is 131 Å². The van der Waals surface area contributed by atoms with Crippen molar-refractivity contribution in [3.05, 3.63) is 29.3 Å². The Balaban J connectivity index is 2.20. The number of amides is 1. The second kappa shape index (κ2) is 5.41. The summed E-state index contributed by atoms with van der Waals surface area (Å²) in [5.74, 6) is -1.20. The quantitative estimate of drug-likeness (QED) is 0.893. The molecule has 4 heteroatoms. The van der Waals surface area contributed by atoms with Crippen LogP contribution in [0, 0.1) is 30.6 Å². The Morgan fingerprint density at radius 1 is 1.18 bits per heavy atom. The van der Waals surface area contributed by atoms with E-state index in [0.717, 1.165) is 11.3 Å². The summed E-state index contributed by atoms with van der Waals surface area (Å²) >= 11 is 0. The van der Waals surface area contributed by atoms with Crippen LogP contribution in [0.2, 0.25) is 0 Å². The van der Waals surface area contributed by atoms with Gasteiger partial charge in [-0.25, -0.2) is 0 Å². The average Bonchev–Trinajstić information content (AvgIpc) is 2.66. The molecule has 1 aliphatic carbocycles. The first kappa shape index (κ1) is 16.5. The predicted molar refractivity (Wildman–Crippen MR) is 86.8 cm³/mol. The Morgan fingerprint density at radius 2 is 1.82 bits per heavy atom. The lowest BCUT2D eigenvalue weighted by Gasteiger charge is -2.37. The maximum Gasteiger partial charge on any atom is 0.309 e. The first-order valence-corrected chi connectivity index (χ1v) is 7.71. The van der Waals surface area contributed by atoms with Gasteiger partial charge in [-0.3, -0.25) is 9.59 Å². The van der Waals surface area contributed by atoms with Crippen LogP contribution in [0.5, 0.6) is 0 Å². The highest BCUT2D eigenvalue weighted by Gasteiger charge is 2.58. The number of aryl methyl sites for hydroxylation is 2. The van der Waals surface area contributed by atoms with Crippen molar-refractivity contribution in [1.82, 2.24) is 0 Å². The summed E-state index contributed by atoms with van der Waals surface area (Å²) in [5.41, 5.74) is 1.63. The largest absolute Gasteiger partial charge is 0.481 e. The predicted octanol–water partition coefficient (Wildman–Crippen LogP) is 3.77. The second-order valence-electron chi connectivity index (χ2n) is 7.24. The van der Waals surface area contributed by atoms with E-state index in [-0.39, 0.29) is 11.8 Å². The molecule has 0 aromatic heterocycles. The molecule has 1 aliphatic rings. The van der Waals surface area contributed by atoms with E-state index < -0.39 is 16.8 Å². The van der Waals surface area contributed by atoms with Crippen molar-refractivity contribution in [3.63, 3.8) is 0 Å². The Kier molecular flexibility index (Phi) is 4.07. The first-order valence-electron chi connectivity index (χ1n) is 7.71. The number of carbonyl (C=O) groups excluding carboxylic acids is 1. The molecule has 1 saturated carbocycles. The summed E-state index contributed by atoms with van der Waals surface area (Å²) in [7, 11) is 0. The van der Waals surface area contributed by atoms with Gasteiger partial charge < -0.3 is 10.4 Å². The molecule has 22 heavy (non-hydrogen) atoms. The highest BCUT2D eigenvalue weighted by atomic mass is 16.4. The number of hydrogen-bond donors (Lipinski definition) is 2. The van der Waals surface area contributed by atoms with Gasteiger partial charge in [0.1, 0.15) is 0 Å². The molecule has 0 aliphatic heterocycles. The van der Waals surface area contributed by atoms with Crippen LogP contribution in [0.4, 0.5) is 5.69 Å². The number of benzene rings is 1. The molecule has 0 spiro atoms. The van der Waals surface area contributed by atoms with Gasteiger partial charge in [0.15, 0.2) is 0 Å². The Hall–Kier alpha value is -1.84. The van der Waals surface area contributed by atoms with Gasteiger partial charge in [0.05, 0.1) is 5.41 Å². The maximum absolute atomic E-state index is 12.6. The second-order valence-corrected chi connectivity index (χ2v) is 7.24. The SMILES string of the molecule is Cc1ccc(NC(=O)C2CCC(C)(C(=O)O)C2(C)C)cc1C. The van der Waals surface area contributed by atoms with Crippen molar-refractivity contribution in [2.24, 2.45) is 16.7 Å². The number of carboxylic acids is 1. The minimum absolute atomic E-state index is 0.0850. The monoisotopic (exact) mass is 303 g/mol. The van der Waals surface area contributed by atoms with Crippen LogP contribution in [0.25, 0.3) is 0 Å². The molecular formula is C18H25NO3. The van der Waals surface area contributed by atoms with Crippen molar-refractivity contribution < 1.29 is 14.7 Å². The van der Waals surface area contributed by atoms with Crippen molar-refractivity contribution >= 4 is 17.6 Å². The summed E-state index contributed by atoms with van der Waals surface area (Å²) < 4.78 is 0. The molecule has 0 heterocycles. The summed E-state index contributed by atoms with van der Waals surface area (Å²) in [6.07, 6.45) is 1.13. The lowest BCUT2D eigenvalue weighted by molar-refractivity contribution is -0.154. The van der Waals surface area contributed by atoms with Crippen LogP contribution in [0.15, 0.2) is 18.2 Å². The molecular weight excluding hydrogens is 278 g/mol. The minimum Gasteiger partial charge on any atom is -0.481 e. The zero-order chi connectivity index (χ0) is 16.7. The molecule has 2 rings (SSSR count). The molecule has 2 atom stereocenters. The summed E-state index contributed by atoms with van der Waals surface area (Å²) in [4.78, 5) is 24.2. The topological polar surface area (TPSA) is 66.4 Å². The molecule has 2 unspecified atom stereocenters. The normalized spacial score (nSPS) is 26.7. The highest BCUT2D eigenvalue weighted by Crippen LogP contribution is 2.56. The average molecular weight is 303 g/mol.